The summed E-state index contributed by atoms with van der Waals surface area (Å²) in [5, 5.41) is 0. The van der Waals surface area contributed by atoms with Gasteiger partial charge in [0.2, 0.25) is 0 Å². The molecule has 0 saturated carbocycles. The van der Waals surface area contributed by atoms with Crippen molar-refractivity contribution in [3.63, 3.8) is 0 Å². The van der Waals surface area contributed by atoms with Crippen molar-refractivity contribution in [1.82, 2.24) is 4.90 Å². The molecule has 0 radical (unpaired) electrons. The second-order valence-corrected chi connectivity index (χ2v) is 3.96. The fourth-order valence-electron chi connectivity index (χ4n) is 0.637. The van der Waals surface area contributed by atoms with E-state index in [0.717, 1.165) is 26.1 Å². The van der Waals surface area contributed by atoms with E-state index in [9.17, 15) is 0 Å². The molecular formula is C8H18IN3O3. The largest absolute Gasteiger partial charge is 0.503 e. The molecule has 0 unspecified atom stereocenters. The predicted octanol–water partition coefficient (Wildman–Crippen LogP) is -4.80. The zero-order valence-corrected chi connectivity index (χ0v) is 11.5. The molecule has 0 rings (SSSR count). The molecule has 0 aliphatic rings. The van der Waals surface area contributed by atoms with Crippen molar-refractivity contribution in [2.75, 3.05) is 33.7 Å². The highest BCUT2D eigenvalue weighted by atomic mass is 127. The summed E-state index contributed by atoms with van der Waals surface area (Å²) in [5.74, 6) is 0. The van der Waals surface area contributed by atoms with Crippen molar-refractivity contribution in [3.05, 3.63) is 0 Å². The molecule has 0 amide bonds. The molecule has 0 aromatic carbocycles. The summed E-state index contributed by atoms with van der Waals surface area (Å²) in [4.78, 5) is 9.99. The minimum Gasteiger partial charge on any atom is -0.396 e. The van der Waals surface area contributed by atoms with Crippen LogP contribution < -0.4 is 27.9 Å². The monoisotopic (exact) mass is 331 g/mol. The van der Waals surface area contributed by atoms with Crippen molar-refractivity contribution < 1.29 is 31.4 Å². The first-order valence-corrected chi connectivity index (χ1v) is 7.20. The molecule has 1 N–H and O–H groups in total. The molecule has 0 atom stereocenters. The minimum atomic E-state index is -3.76. The van der Waals surface area contributed by atoms with E-state index in [1.165, 1.54) is 0 Å². The molecule has 0 spiro atoms. The van der Waals surface area contributed by atoms with Crippen LogP contribution in [0.4, 0.5) is 0 Å². The lowest BCUT2D eigenvalue weighted by molar-refractivity contribution is -1.63. The molecule has 0 aliphatic carbocycles. The van der Waals surface area contributed by atoms with Gasteiger partial charge in [0.25, 0.3) is 0 Å². The molecule has 0 saturated heterocycles. The Morgan fingerprint density at radius 1 is 1.33 bits per heavy atom. The van der Waals surface area contributed by atoms with E-state index in [4.69, 9.17) is 10.3 Å². The van der Waals surface area contributed by atoms with E-state index < -0.39 is 21.1 Å². The van der Waals surface area contributed by atoms with Crippen LogP contribution in [0.5, 0.6) is 0 Å². The Morgan fingerprint density at radius 3 is 2.27 bits per heavy atom. The van der Waals surface area contributed by atoms with Crippen LogP contribution in [0, 0.1) is 0 Å². The summed E-state index contributed by atoms with van der Waals surface area (Å²) in [7, 11) is 4.12. The third kappa shape index (κ3) is 31.5. The second kappa shape index (κ2) is 13.9. The molecule has 0 aromatic rings. The maximum Gasteiger partial charge on any atom is 0.503 e. The fraction of sp³-hybridized carbons (Fsp3) is 0.875. The lowest BCUT2D eigenvalue weighted by Crippen LogP contribution is -3.98. The molecular weight excluding hydrogens is 313 g/mol. The van der Waals surface area contributed by atoms with Gasteiger partial charge in [0.15, 0.2) is 0 Å². The molecule has 0 aromatic heterocycles. The smallest absolute Gasteiger partial charge is 0.396 e. The van der Waals surface area contributed by atoms with Crippen LogP contribution >= 0.6 is 0 Å². The van der Waals surface area contributed by atoms with E-state index in [-0.39, 0.29) is 0 Å². The minimum absolute atomic E-state index is 0.775. The van der Waals surface area contributed by atoms with Gasteiger partial charge in [-0.1, -0.05) is 0 Å². The number of aliphatic imine (C=N–C) groups is 2. The van der Waals surface area contributed by atoms with Gasteiger partial charge in [0.1, 0.15) is 0 Å². The first kappa shape index (κ1) is 17.3. The van der Waals surface area contributed by atoms with E-state index in [1.807, 2.05) is 6.92 Å². The van der Waals surface area contributed by atoms with Crippen molar-refractivity contribution in [2.45, 2.75) is 13.3 Å². The van der Waals surface area contributed by atoms with Gasteiger partial charge >= 0.3 is 21.1 Å². The molecule has 90 valence electrons. The average molecular weight is 331 g/mol. The first-order chi connectivity index (χ1) is 7.00. The topological polar surface area (TPSA) is 94.3 Å². The Kier molecular flexibility index (Phi) is 16.1. The van der Waals surface area contributed by atoms with Gasteiger partial charge in [-0.3, -0.25) is 0 Å². The summed E-state index contributed by atoms with van der Waals surface area (Å²) in [5.41, 5.74) is 0. The Labute approximate surface area is 99.4 Å². The summed E-state index contributed by atoms with van der Waals surface area (Å²) in [6, 6.07) is 2.64. The van der Waals surface area contributed by atoms with Gasteiger partial charge in [-0.2, -0.15) is 0 Å². The number of halogens is 1. The predicted molar refractivity (Wildman–Crippen MR) is 50.7 cm³/mol. The van der Waals surface area contributed by atoms with Gasteiger partial charge in [-0.25, -0.2) is 9.98 Å². The lowest BCUT2D eigenvalue weighted by Gasteiger charge is -2.05. The normalized spacial score (nSPS) is 9.33. The third-order valence-electron chi connectivity index (χ3n) is 1.17. The highest BCUT2D eigenvalue weighted by Crippen LogP contribution is 1.82. The van der Waals surface area contributed by atoms with Crippen molar-refractivity contribution in [1.29, 1.82) is 0 Å². The highest BCUT2D eigenvalue weighted by Gasteiger charge is 1.90. The van der Waals surface area contributed by atoms with Gasteiger partial charge < -0.3 is 11.8 Å². The van der Waals surface area contributed by atoms with Crippen molar-refractivity contribution in [3.8, 4) is 0 Å². The van der Waals surface area contributed by atoms with Crippen molar-refractivity contribution in [2.24, 2.45) is 9.98 Å². The molecule has 7 heteroatoms. The summed E-state index contributed by atoms with van der Waals surface area (Å²) in [6.45, 7) is 4.67. The van der Waals surface area contributed by atoms with Crippen LogP contribution in [0.25, 0.3) is 0 Å². The van der Waals surface area contributed by atoms with Crippen LogP contribution in [-0.2, 0) is 0 Å². The molecule has 0 fully saturated rings. The first-order valence-electron chi connectivity index (χ1n) is 4.48. The Morgan fingerprint density at radius 2 is 1.87 bits per heavy atom. The average Bonchev–Trinajstić information content (AvgIpc) is 2.09. The van der Waals surface area contributed by atoms with Gasteiger partial charge in [-0.15, -0.1) is 0 Å². The van der Waals surface area contributed by atoms with E-state index in [2.05, 4.69) is 35.0 Å². The number of nitrogens with zero attached hydrogens (tertiary/aromatic N) is 3. The molecule has 0 aliphatic heterocycles. The SMILES string of the molecule is CCN=C=NCCCN(C)C.[O-][I+2]([O-])O. The molecule has 15 heavy (non-hydrogen) atoms. The quantitative estimate of drug-likeness (QED) is 0.311. The maximum atomic E-state index is 8.68. The number of hydrogen-bond donors (Lipinski definition) is 1. The van der Waals surface area contributed by atoms with E-state index >= 15 is 0 Å². The van der Waals surface area contributed by atoms with Crippen LogP contribution in [0.2, 0.25) is 0 Å². The van der Waals surface area contributed by atoms with Gasteiger partial charge in [0.05, 0.1) is 12.6 Å². The summed E-state index contributed by atoms with van der Waals surface area (Å²) >= 11 is -3.76. The molecule has 6 nitrogen and oxygen atoms in total. The van der Waals surface area contributed by atoms with Gasteiger partial charge in [-0.05, 0) is 37.4 Å². The third-order valence-corrected chi connectivity index (χ3v) is 1.17. The van der Waals surface area contributed by atoms with E-state index in [0.29, 0.717) is 0 Å². The fourth-order valence-corrected chi connectivity index (χ4v) is 0.637. The molecule has 0 bridgehead atoms. The second-order valence-electron chi connectivity index (χ2n) is 2.81. The van der Waals surface area contributed by atoms with Crippen LogP contribution in [0.15, 0.2) is 9.98 Å². The zero-order chi connectivity index (χ0) is 12.1. The summed E-state index contributed by atoms with van der Waals surface area (Å²) in [6.07, 6.45) is 1.08. The number of rotatable bonds is 5. The van der Waals surface area contributed by atoms with Gasteiger partial charge in [0, 0.05) is 6.54 Å². The Bertz CT molecular complexity index is 179. The summed E-state index contributed by atoms with van der Waals surface area (Å²) < 4.78 is 24.5. The lowest BCUT2D eigenvalue weighted by atomic mass is 10.4. The van der Waals surface area contributed by atoms with Crippen molar-refractivity contribution >= 4 is 6.01 Å². The van der Waals surface area contributed by atoms with Crippen LogP contribution in [-0.4, -0.2) is 48.1 Å². The maximum absolute atomic E-state index is 8.68. The van der Waals surface area contributed by atoms with Crippen LogP contribution in [0.3, 0.4) is 0 Å². The van der Waals surface area contributed by atoms with E-state index in [1.54, 1.807) is 0 Å². The number of hydrogen-bond acceptors (Lipinski definition) is 6. The zero-order valence-electron chi connectivity index (χ0n) is 9.31. The Balaban J connectivity index is 0. The highest BCUT2D eigenvalue weighted by molar-refractivity contribution is 5.40. The standard InChI is InChI=1S/C8H17N3.HIO3/c1-4-9-8-10-6-5-7-11(2)3;2-1(3)4/h4-7H2,1-3H3;2H. The Hall–Kier alpha value is -0.0500. The molecule has 0 heterocycles. The van der Waals surface area contributed by atoms with Crippen LogP contribution in [0.1, 0.15) is 13.3 Å².